The summed E-state index contributed by atoms with van der Waals surface area (Å²) in [6, 6.07) is 0. The average molecular weight is 699 g/mol. The maximum Gasteiger partial charge on any atom is 0.308 e. The molecular weight excluding hydrogens is 651 g/mol. The standard InChI is InChI=1S/C28H47IO10Si/c1-15(13-16(2)29)9-11-18(30)25(32)28(34)26(33)24-22(38-28)23(39-40(7,8)27(3,4)5)21-19(37-24)12-10-17(36-21)14-20(31)35-6/h15,17,19,21-26,32-34H,2,9-14H2,1,3-8H3/t15-,17?,19+,21+,22+,23?,24?,25+,26-,28?/m1/s1. The predicted molar refractivity (Wildman–Crippen MR) is 158 cm³/mol. The molecule has 0 saturated carbocycles. The SMILES string of the molecule is C=C(I)C[C@H](C)CCC(=O)[C@H](O)C1(O)O[C@H]2C(O[Si](C)(C)C(C)(C)C)[C@H]3OC(CC(=O)OC)CC[C@@H]3OC2[C@H]1O. The molecule has 3 aliphatic rings. The summed E-state index contributed by atoms with van der Waals surface area (Å²) in [5.41, 5.74) is 0. The minimum atomic E-state index is -2.57. The normalized spacial score (nSPS) is 35.8. The molecular formula is C28H47IO10Si. The molecule has 10 nitrogen and oxygen atoms in total. The van der Waals surface area contributed by atoms with Gasteiger partial charge in [0.15, 0.2) is 20.2 Å². The van der Waals surface area contributed by atoms with Crippen LogP contribution < -0.4 is 0 Å². The Morgan fingerprint density at radius 1 is 1.18 bits per heavy atom. The van der Waals surface area contributed by atoms with Crippen molar-refractivity contribution in [1.29, 1.82) is 0 Å². The minimum absolute atomic E-state index is 0.00823. The lowest BCUT2D eigenvalue weighted by Gasteiger charge is -2.51. The van der Waals surface area contributed by atoms with Crippen molar-refractivity contribution in [1.82, 2.24) is 0 Å². The smallest absolute Gasteiger partial charge is 0.308 e. The first-order valence-corrected chi connectivity index (χ1v) is 18.1. The molecule has 3 aliphatic heterocycles. The summed E-state index contributed by atoms with van der Waals surface area (Å²) in [6.07, 6.45) is -5.71. The van der Waals surface area contributed by atoms with E-state index in [0.29, 0.717) is 19.3 Å². The van der Waals surface area contributed by atoms with E-state index in [1.54, 1.807) is 0 Å². The zero-order valence-electron chi connectivity index (χ0n) is 24.7. The first-order chi connectivity index (χ1) is 18.4. The van der Waals surface area contributed by atoms with Gasteiger partial charge in [-0.15, -0.1) is 0 Å². The second-order valence-corrected chi connectivity index (χ2v) is 19.4. The summed E-state index contributed by atoms with van der Waals surface area (Å²) in [4.78, 5) is 25.0. The molecule has 0 amide bonds. The van der Waals surface area contributed by atoms with Gasteiger partial charge in [-0.3, -0.25) is 9.59 Å². The molecule has 230 valence electrons. The van der Waals surface area contributed by atoms with E-state index in [4.69, 9.17) is 23.4 Å². The minimum Gasteiger partial charge on any atom is -0.469 e. The number of aliphatic hydroxyl groups is 3. The Balaban J connectivity index is 1.86. The van der Waals surface area contributed by atoms with Gasteiger partial charge in [-0.2, -0.15) is 0 Å². The fourth-order valence-electron chi connectivity index (χ4n) is 5.42. The first-order valence-electron chi connectivity index (χ1n) is 14.1. The van der Waals surface area contributed by atoms with Crippen LogP contribution in [0.25, 0.3) is 0 Å². The van der Waals surface area contributed by atoms with Crippen molar-refractivity contribution in [2.24, 2.45) is 5.92 Å². The molecule has 3 heterocycles. The van der Waals surface area contributed by atoms with E-state index in [-0.39, 0.29) is 29.8 Å². The highest BCUT2D eigenvalue weighted by molar-refractivity contribution is 14.1. The molecule has 12 heteroatoms. The van der Waals surface area contributed by atoms with Crippen LogP contribution in [0.15, 0.2) is 10.2 Å². The summed E-state index contributed by atoms with van der Waals surface area (Å²) in [5, 5.41) is 33.5. The number of hydrogen-bond acceptors (Lipinski definition) is 10. The van der Waals surface area contributed by atoms with Crippen LogP contribution in [0.4, 0.5) is 0 Å². The highest BCUT2D eigenvalue weighted by Gasteiger charge is 2.66. The summed E-state index contributed by atoms with van der Waals surface area (Å²) in [6.45, 7) is 16.3. The lowest BCUT2D eigenvalue weighted by molar-refractivity contribution is -0.286. The third kappa shape index (κ3) is 7.36. The molecule has 0 aromatic rings. The monoisotopic (exact) mass is 698 g/mol. The Bertz CT molecular complexity index is 939. The van der Waals surface area contributed by atoms with E-state index < -0.39 is 68.7 Å². The molecule has 0 aromatic heterocycles. The Hall–Kier alpha value is -0.453. The van der Waals surface area contributed by atoms with Crippen LogP contribution in [0, 0.1) is 5.92 Å². The van der Waals surface area contributed by atoms with Gasteiger partial charge in [-0.1, -0.05) is 34.3 Å². The Labute approximate surface area is 252 Å². The number of halogens is 1. The molecule has 10 atom stereocenters. The number of methoxy groups -OCH3 is 1. The molecule has 40 heavy (non-hydrogen) atoms. The third-order valence-corrected chi connectivity index (χ3v) is 13.8. The Morgan fingerprint density at radius 2 is 1.82 bits per heavy atom. The Morgan fingerprint density at radius 3 is 2.40 bits per heavy atom. The highest BCUT2D eigenvalue weighted by Crippen LogP contribution is 2.47. The Kier molecular flexibility index (Phi) is 11.1. The molecule has 0 spiro atoms. The zero-order valence-corrected chi connectivity index (χ0v) is 27.9. The van der Waals surface area contributed by atoms with E-state index in [0.717, 1.165) is 10.0 Å². The zero-order chi connectivity index (χ0) is 30.2. The maximum absolute atomic E-state index is 13.0. The number of carbonyl (C=O) groups excluding carboxylic acids is 2. The van der Waals surface area contributed by atoms with Crippen molar-refractivity contribution < 1.29 is 48.3 Å². The summed E-state index contributed by atoms with van der Waals surface area (Å²) in [5.74, 6) is -3.42. The topological polar surface area (TPSA) is 141 Å². The summed E-state index contributed by atoms with van der Waals surface area (Å²) < 4.78 is 31.2. The van der Waals surface area contributed by atoms with Gasteiger partial charge < -0.3 is 38.7 Å². The number of Topliss-reactive ketones (excluding diaryl/α,β-unsaturated/α-hetero) is 1. The lowest BCUT2D eigenvalue weighted by atomic mass is 9.86. The van der Waals surface area contributed by atoms with Gasteiger partial charge in [-0.05, 0) is 75.9 Å². The average Bonchev–Trinajstić information content (AvgIpc) is 3.11. The largest absolute Gasteiger partial charge is 0.469 e. The van der Waals surface area contributed by atoms with E-state index in [2.05, 4.69) is 63.0 Å². The number of ether oxygens (including phenoxy) is 4. The van der Waals surface area contributed by atoms with Gasteiger partial charge in [0.25, 0.3) is 0 Å². The highest BCUT2D eigenvalue weighted by atomic mass is 127. The van der Waals surface area contributed by atoms with E-state index in [9.17, 15) is 24.9 Å². The molecule has 3 saturated heterocycles. The van der Waals surface area contributed by atoms with Crippen molar-refractivity contribution in [3.8, 4) is 0 Å². The fraction of sp³-hybridized carbons (Fsp3) is 0.857. The van der Waals surface area contributed by atoms with Crippen LogP contribution in [-0.4, -0.2) is 97.1 Å². The van der Waals surface area contributed by atoms with Crippen molar-refractivity contribution >= 4 is 42.7 Å². The second kappa shape index (κ2) is 13.0. The fourth-order valence-corrected chi connectivity index (χ4v) is 7.48. The molecule has 0 aliphatic carbocycles. The number of allylic oxidation sites excluding steroid dienone is 1. The molecule has 0 bridgehead atoms. The van der Waals surface area contributed by atoms with Gasteiger partial charge in [0.05, 0.1) is 25.7 Å². The molecule has 0 aromatic carbocycles. The van der Waals surface area contributed by atoms with Gasteiger partial charge in [0, 0.05) is 6.42 Å². The molecule has 3 fully saturated rings. The first kappa shape index (κ1) is 34.0. The van der Waals surface area contributed by atoms with E-state index >= 15 is 0 Å². The van der Waals surface area contributed by atoms with Crippen LogP contribution >= 0.6 is 22.6 Å². The van der Waals surface area contributed by atoms with Crippen molar-refractivity contribution in [2.75, 3.05) is 7.11 Å². The van der Waals surface area contributed by atoms with E-state index in [1.807, 2.05) is 6.92 Å². The summed E-state index contributed by atoms with van der Waals surface area (Å²) >= 11 is 2.14. The van der Waals surface area contributed by atoms with Gasteiger partial charge in [0.2, 0.25) is 5.79 Å². The van der Waals surface area contributed by atoms with Gasteiger partial charge in [0.1, 0.15) is 30.5 Å². The number of esters is 1. The van der Waals surface area contributed by atoms with Crippen LogP contribution in [-0.2, 0) is 33.0 Å². The quantitative estimate of drug-likeness (QED) is 0.167. The molecule has 3 N–H and O–H groups in total. The molecule has 0 radical (unpaired) electrons. The maximum atomic E-state index is 13.0. The van der Waals surface area contributed by atoms with E-state index in [1.165, 1.54) is 7.11 Å². The number of carbonyl (C=O) groups is 2. The molecule has 3 rings (SSSR count). The van der Waals surface area contributed by atoms with Gasteiger partial charge in [-0.25, -0.2) is 0 Å². The number of hydrogen-bond donors (Lipinski definition) is 3. The lowest BCUT2D eigenvalue weighted by Crippen LogP contribution is -2.64. The number of rotatable bonds is 11. The van der Waals surface area contributed by atoms with Crippen LogP contribution in [0.2, 0.25) is 18.1 Å². The number of fused-ring (bicyclic) bond motifs is 2. The van der Waals surface area contributed by atoms with Crippen LogP contribution in [0.5, 0.6) is 0 Å². The van der Waals surface area contributed by atoms with Crippen LogP contribution in [0.3, 0.4) is 0 Å². The van der Waals surface area contributed by atoms with Crippen molar-refractivity contribution in [3.05, 3.63) is 10.2 Å². The summed E-state index contributed by atoms with van der Waals surface area (Å²) in [7, 11) is -1.13. The van der Waals surface area contributed by atoms with Crippen LogP contribution in [0.1, 0.15) is 66.2 Å². The predicted octanol–water partition coefficient (Wildman–Crippen LogP) is 3.39. The van der Waals surface area contributed by atoms with Crippen molar-refractivity contribution in [3.63, 3.8) is 0 Å². The number of aliphatic hydroxyl groups excluding tert-OH is 2. The third-order valence-electron chi connectivity index (χ3n) is 8.86. The second-order valence-electron chi connectivity index (χ2n) is 13.1. The van der Waals surface area contributed by atoms with Crippen molar-refractivity contribution in [2.45, 2.75) is 139 Å². The van der Waals surface area contributed by atoms with Gasteiger partial charge >= 0.3 is 5.97 Å². The number of ketones is 1. The molecule has 4 unspecified atom stereocenters.